The van der Waals surface area contributed by atoms with E-state index in [1.54, 1.807) is 14.2 Å². The molecule has 1 rings (SSSR count). The number of benzene rings is 1. The van der Waals surface area contributed by atoms with Crippen molar-refractivity contribution < 1.29 is 37.3 Å². The van der Waals surface area contributed by atoms with Gasteiger partial charge in [0, 0.05) is 32.6 Å². The summed E-state index contributed by atoms with van der Waals surface area (Å²) in [6.07, 6.45) is -3.02. The van der Waals surface area contributed by atoms with Crippen molar-refractivity contribution in [2.75, 3.05) is 34.0 Å². The van der Waals surface area contributed by atoms with Crippen LogP contribution in [-0.2, 0) is 16.0 Å². The van der Waals surface area contributed by atoms with E-state index >= 15 is 0 Å². The second kappa shape index (κ2) is 16.8. The molecule has 0 radical (unpaired) electrons. The van der Waals surface area contributed by atoms with Crippen molar-refractivity contribution in [1.29, 1.82) is 0 Å². The zero-order chi connectivity index (χ0) is 28.0. The van der Waals surface area contributed by atoms with Gasteiger partial charge in [-0.3, -0.25) is 4.79 Å². The van der Waals surface area contributed by atoms with Crippen molar-refractivity contribution in [2.45, 2.75) is 78.5 Å². The van der Waals surface area contributed by atoms with Gasteiger partial charge < -0.3 is 24.6 Å². The second-order valence-corrected chi connectivity index (χ2v) is 10.4. The van der Waals surface area contributed by atoms with Crippen molar-refractivity contribution in [3.8, 4) is 11.5 Å². The van der Waals surface area contributed by atoms with E-state index < -0.39 is 37.1 Å². The van der Waals surface area contributed by atoms with Crippen LogP contribution in [0.1, 0.15) is 65.4 Å². The van der Waals surface area contributed by atoms with Gasteiger partial charge in [0.1, 0.15) is 0 Å². The maximum Gasteiger partial charge on any atom is 0.390 e. The summed E-state index contributed by atoms with van der Waals surface area (Å²) in [5, 5.41) is 13.1. The van der Waals surface area contributed by atoms with E-state index in [-0.39, 0.29) is 12.3 Å². The Kier molecular flexibility index (Phi) is 15.0. The molecule has 0 aliphatic carbocycles. The van der Waals surface area contributed by atoms with E-state index in [0.717, 1.165) is 24.8 Å². The first-order chi connectivity index (χ1) is 17.4. The molecule has 3 atom stereocenters. The highest BCUT2D eigenvalue weighted by atomic mass is 19.4. The van der Waals surface area contributed by atoms with Gasteiger partial charge in [-0.05, 0) is 61.1 Å². The summed E-state index contributed by atoms with van der Waals surface area (Å²) in [6, 6.07) is 5.92. The third kappa shape index (κ3) is 13.4. The van der Waals surface area contributed by atoms with E-state index in [9.17, 15) is 23.1 Å². The first kappa shape index (κ1) is 33.0. The Morgan fingerprint density at radius 1 is 1.03 bits per heavy atom. The number of methoxy groups -OCH3 is 2. The summed E-state index contributed by atoms with van der Waals surface area (Å²) >= 11 is 0. The van der Waals surface area contributed by atoms with Gasteiger partial charge in [-0.15, -0.1) is 0 Å². The Hall–Kier alpha value is -2.00. The van der Waals surface area contributed by atoms with Gasteiger partial charge in [-0.2, -0.15) is 13.2 Å². The van der Waals surface area contributed by atoms with E-state index in [1.807, 2.05) is 32.0 Å². The van der Waals surface area contributed by atoms with Crippen LogP contribution in [0.2, 0.25) is 0 Å². The van der Waals surface area contributed by atoms with Gasteiger partial charge >= 0.3 is 6.18 Å². The van der Waals surface area contributed by atoms with Gasteiger partial charge in [0.2, 0.25) is 5.91 Å². The van der Waals surface area contributed by atoms with Crippen molar-refractivity contribution >= 4 is 5.91 Å². The summed E-state index contributed by atoms with van der Waals surface area (Å²) in [5.41, 5.74) is 1.11. The molecular formula is C28H46F3NO5. The summed E-state index contributed by atoms with van der Waals surface area (Å²) < 4.78 is 53.6. The topological polar surface area (TPSA) is 77.0 Å². The van der Waals surface area contributed by atoms with Crippen LogP contribution in [0.4, 0.5) is 13.2 Å². The second-order valence-electron chi connectivity index (χ2n) is 10.4. The molecule has 1 aromatic carbocycles. The molecule has 0 fully saturated rings. The summed E-state index contributed by atoms with van der Waals surface area (Å²) in [5.74, 6) is 0.952. The minimum atomic E-state index is -4.31. The van der Waals surface area contributed by atoms with Gasteiger partial charge in [0.05, 0.1) is 26.2 Å². The molecular weight excluding hydrogens is 487 g/mol. The number of aliphatic hydroxyl groups is 1. The number of alkyl halides is 3. The number of hydrogen-bond acceptors (Lipinski definition) is 5. The van der Waals surface area contributed by atoms with Crippen molar-refractivity contribution in [1.82, 2.24) is 5.32 Å². The van der Waals surface area contributed by atoms with Gasteiger partial charge in [0.15, 0.2) is 11.5 Å². The lowest BCUT2D eigenvalue weighted by Gasteiger charge is -2.26. The van der Waals surface area contributed by atoms with E-state index in [0.29, 0.717) is 43.0 Å². The smallest absolute Gasteiger partial charge is 0.390 e. The molecule has 0 spiro atoms. The number of carbonyl (C=O) groups is 1. The number of ether oxygens (including phenoxy) is 3. The Balaban J connectivity index is 2.72. The van der Waals surface area contributed by atoms with Crippen LogP contribution in [0.15, 0.2) is 18.2 Å². The fourth-order valence-electron chi connectivity index (χ4n) is 4.28. The molecule has 214 valence electrons. The standard InChI is InChI=1S/C28H46F3NO5/c1-19(2)22(16-21-8-11-25(36-6)26(17-21)37-15-7-14-35-5)9-10-23(33)18-24(20(3)4)27(34)32-13-12-28(29,30)31/h8,11,17,19-20,22-24,33H,7,9-10,12-16,18H2,1-6H3,(H,32,34)/t22?,23-,24?/m1/s1. The van der Waals surface area contributed by atoms with Crippen LogP contribution in [0, 0.1) is 23.7 Å². The molecule has 0 saturated carbocycles. The average molecular weight is 534 g/mol. The molecule has 0 aromatic heterocycles. The largest absolute Gasteiger partial charge is 0.493 e. The predicted molar refractivity (Wildman–Crippen MR) is 139 cm³/mol. The normalized spacial score (nSPS) is 14.5. The molecule has 0 saturated heterocycles. The number of halogens is 3. The highest BCUT2D eigenvalue weighted by Gasteiger charge is 2.29. The number of nitrogens with one attached hydrogen (secondary N) is 1. The summed E-state index contributed by atoms with van der Waals surface area (Å²) in [4.78, 5) is 12.5. The quantitative estimate of drug-likeness (QED) is 0.233. The molecule has 1 amide bonds. The number of amides is 1. The van der Waals surface area contributed by atoms with E-state index in [1.165, 1.54) is 0 Å². The molecule has 9 heteroatoms. The molecule has 2 N–H and O–H groups in total. The lowest BCUT2D eigenvalue weighted by molar-refractivity contribution is -0.137. The average Bonchev–Trinajstić information content (AvgIpc) is 2.81. The van der Waals surface area contributed by atoms with Crippen LogP contribution in [0.3, 0.4) is 0 Å². The molecule has 0 bridgehead atoms. The van der Waals surface area contributed by atoms with Crippen LogP contribution in [0.25, 0.3) is 0 Å². The number of hydrogen-bond donors (Lipinski definition) is 2. The molecule has 1 aromatic rings. The Morgan fingerprint density at radius 3 is 2.30 bits per heavy atom. The third-order valence-corrected chi connectivity index (χ3v) is 6.67. The summed E-state index contributed by atoms with van der Waals surface area (Å²) in [7, 11) is 3.26. The van der Waals surface area contributed by atoms with Crippen LogP contribution < -0.4 is 14.8 Å². The molecule has 2 unspecified atom stereocenters. The minimum Gasteiger partial charge on any atom is -0.493 e. The molecule has 6 nitrogen and oxygen atoms in total. The van der Waals surface area contributed by atoms with Crippen molar-refractivity contribution in [3.63, 3.8) is 0 Å². The predicted octanol–water partition coefficient (Wildman–Crippen LogP) is 5.80. The monoisotopic (exact) mass is 533 g/mol. The van der Waals surface area contributed by atoms with Gasteiger partial charge in [0.25, 0.3) is 0 Å². The summed E-state index contributed by atoms with van der Waals surface area (Å²) in [6.45, 7) is 8.67. The third-order valence-electron chi connectivity index (χ3n) is 6.67. The maximum absolute atomic E-state index is 12.5. The fourth-order valence-corrected chi connectivity index (χ4v) is 4.28. The van der Waals surface area contributed by atoms with Gasteiger partial charge in [-0.1, -0.05) is 33.8 Å². The maximum atomic E-state index is 12.5. The number of carbonyl (C=O) groups excluding carboxylic acids is 1. The molecule has 37 heavy (non-hydrogen) atoms. The molecule has 0 aliphatic heterocycles. The van der Waals surface area contributed by atoms with E-state index in [2.05, 4.69) is 19.2 Å². The van der Waals surface area contributed by atoms with E-state index in [4.69, 9.17) is 14.2 Å². The minimum absolute atomic E-state index is 0.0944. The zero-order valence-corrected chi connectivity index (χ0v) is 23.2. The zero-order valence-electron chi connectivity index (χ0n) is 23.2. The lowest BCUT2D eigenvalue weighted by atomic mass is 9.82. The number of aliphatic hydroxyl groups excluding tert-OH is 1. The number of rotatable bonds is 18. The Bertz CT molecular complexity index is 786. The fraction of sp³-hybridized carbons (Fsp3) is 0.750. The Morgan fingerprint density at radius 2 is 1.73 bits per heavy atom. The molecule has 0 heterocycles. The van der Waals surface area contributed by atoms with Crippen LogP contribution in [0.5, 0.6) is 11.5 Å². The first-order valence-electron chi connectivity index (χ1n) is 13.2. The highest BCUT2D eigenvalue weighted by Crippen LogP contribution is 2.32. The SMILES string of the molecule is COCCCOc1cc(CC(CC[C@@H](O)CC(C(=O)NCCC(F)(F)F)C(C)C)C(C)C)ccc1OC. The first-order valence-corrected chi connectivity index (χ1v) is 13.2. The van der Waals surface area contributed by atoms with Crippen LogP contribution in [-0.4, -0.2) is 57.3 Å². The lowest BCUT2D eigenvalue weighted by Crippen LogP contribution is -2.37. The van der Waals surface area contributed by atoms with Crippen LogP contribution >= 0.6 is 0 Å². The van der Waals surface area contributed by atoms with Crippen molar-refractivity contribution in [3.05, 3.63) is 23.8 Å². The molecule has 0 aliphatic rings. The van der Waals surface area contributed by atoms with Crippen molar-refractivity contribution in [2.24, 2.45) is 23.7 Å². The van der Waals surface area contributed by atoms with Gasteiger partial charge in [-0.25, -0.2) is 0 Å². The Labute approximate surface area is 220 Å². The highest BCUT2D eigenvalue weighted by molar-refractivity contribution is 5.78.